The molecule has 0 aromatic heterocycles. The molecule has 0 bridgehead atoms. The zero-order valence-corrected chi connectivity index (χ0v) is 15.4. The molecule has 4 rings (SSSR count). The minimum Gasteiger partial charge on any atom is -0.338 e. The molecule has 0 saturated carbocycles. The van der Waals surface area contributed by atoms with Crippen LogP contribution in [0.4, 0.5) is 5.69 Å². The van der Waals surface area contributed by atoms with Crippen LogP contribution in [-0.2, 0) is 14.8 Å². The van der Waals surface area contributed by atoms with Gasteiger partial charge in [0, 0.05) is 31.1 Å². The molecule has 1 unspecified atom stereocenters. The number of benzene rings is 2. The zero-order chi connectivity index (χ0) is 16.9. The second-order valence-corrected chi connectivity index (χ2v) is 8.17. The van der Waals surface area contributed by atoms with Crippen molar-refractivity contribution in [3.05, 3.63) is 36.4 Å². The number of nitrogens with zero attached hydrogens (tertiary/aromatic N) is 2. The smallest absolute Gasteiger partial charge is 0.265 e. The van der Waals surface area contributed by atoms with E-state index < -0.39 is 10.0 Å². The van der Waals surface area contributed by atoms with Gasteiger partial charge in [0.25, 0.3) is 10.0 Å². The van der Waals surface area contributed by atoms with E-state index in [1.165, 1.54) is 4.31 Å². The molecule has 1 N–H and O–H groups in total. The molecule has 2 aliphatic heterocycles. The molecule has 1 fully saturated rings. The van der Waals surface area contributed by atoms with Crippen molar-refractivity contribution >= 4 is 44.8 Å². The number of amides is 1. The maximum absolute atomic E-state index is 12.9. The van der Waals surface area contributed by atoms with Gasteiger partial charge in [-0.3, -0.25) is 9.10 Å². The molecule has 134 valence electrons. The minimum absolute atomic E-state index is 0. The van der Waals surface area contributed by atoms with Crippen LogP contribution in [0.3, 0.4) is 0 Å². The highest BCUT2D eigenvalue weighted by atomic mass is 35.5. The molecule has 1 atom stereocenters. The Balaban J connectivity index is 0.00000182. The third-order valence-electron chi connectivity index (χ3n) is 4.68. The molecule has 0 spiro atoms. The van der Waals surface area contributed by atoms with Crippen molar-refractivity contribution < 1.29 is 13.2 Å². The van der Waals surface area contributed by atoms with E-state index in [9.17, 15) is 13.2 Å². The van der Waals surface area contributed by atoms with Crippen molar-refractivity contribution in [2.45, 2.75) is 17.9 Å². The van der Waals surface area contributed by atoms with Crippen molar-refractivity contribution in [3.63, 3.8) is 0 Å². The lowest BCUT2D eigenvalue weighted by molar-refractivity contribution is -0.130. The highest BCUT2D eigenvalue weighted by Crippen LogP contribution is 2.41. The van der Waals surface area contributed by atoms with Gasteiger partial charge in [0.05, 0.1) is 10.6 Å². The number of piperazine rings is 1. The summed E-state index contributed by atoms with van der Waals surface area (Å²) in [6.07, 6.45) is 0. The first-order valence-electron chi connectivity index (χ1n) is 8.04. The molecule has 2 aromatic carbocycles. The molecule has 8 heteroatoms. The fraction of sp³-hybridized carbons (Fsp3) is 0.353. The summed E-state index contributed by atoms with van der Waals surface area (Å²) in [5.41, 5.74) is 0.597. The normalized spacial score (nSPS) is 21.2. The maximum atomic E-state index is 12.9. The van der Waals surface area contributed by atoms with E-state index in [0.717, 1.165) is 11.9 Å². The standard InChI is InChI=1S/C17H19N3O3S.ClH/c1-12-10-19(9-8-18-12)16(21)11-20-14-6-2-4-13-5-3-7-15(17(13)14)24(20,22)23;/h2-7,12,18H,8-11H2,1H3;1H. The number of hydrogen-bond acceptors (Lipinski definition) is 4. The average Bonchev–Trinajstić information content (AvgIpc) is 2.78. The van der Waals surface area contributed by atoms with Gasteiger partial charge in [-0.25, -0.2) is 8.42 Å². The monoisotopic (exact) mass is 381 g/mol. The molecule has 2 heterocycles. The fourth-order valence-corrected chi connectivity index (χ4v) is 5.17. The Morgan fingerprint density at radius 1 is 1.24 bits per heavy atom. The lowest BCUT2D eigenvalue weighted by Crippen LogP contribution is -2.53. The highest BCUT2D eigenvalue weighted by molar-refractivity contribution is 7.93. The van der Waals surface area contributed by atoms with Crippen molar-refractivity contribution in [1.82, 2.24) is 10.2 Å². The average molecular weight is 382 g/mol. The summed E-state index contributed by atoms with van der Waals surface area (Å²) in [4.78, 5) is 14.7. The third-order valence-corrected chi connectivity index (χ3v) is 6.48. The first-order chi connectivity index (χ1) is 11.5. The van der Waals surface area contributed by atoms with Crippen molar-refractivity contribution in [1.29, 1.82) is 0 Å². The van der Waals surface area contributed by atoms with Crippen LogP contribution >= 0.6 is 12.4 Å². The van der Waals surface area contributed by atoms with Crippen LogP contribution in [-0.4, -0.2) is 51.4 Å². The predicted octanol–water partition coefficient (Wildman–Crippen LogP) is 1.59. The fourth-order valence-electron chi connectivity index (χ4n) is 3.51. The molecule has 2 aliphatic rings. The molecule has 0 radical (unpaired) electrons. The van der Waals surface area contributed by atoms with Crippen LogP contribution in [0.15, 0.2) is 41.3 Å². The Labute approximate surface area is 153 Å². The van der Waals surface area contributed by atoms with Crippen molar-refractivity contribution in [2.24, 2.45) is 0 Å². The molecule has 25 heavy (non-hydrogen) atoms. The summed E-state index contributed by atoms with van der Waals surface area (Å²) in [5.74, 6) is -0.156. The highest BCUT2D eigenvalue weighted by Gasteiger charge is 2.37. The van der Waals surface area contributed by atoms with Crippen molar-refractivity contribution in [2.75, 3.05) is 30.5 Å². The van der Waals surface area contributed by atoms with Crippen LogP contribution in [0.25, 0.3) is 10.8 Å². The van der Waals surface area contributed by atoms with E-state index in [1.807, 2.05) is 25.1 Å². The lowest BCUT2D eigenvalue weighted by atomic mass is 10.1. The van der Waals surface area contributed by atoms with Gasteiger partial charge in [0.1, 0.15) is 6.54 Å². The van der Waals surface area contributed by atoms with Gasteiger partial charge in [0.2, 0.25) is 5.91 Å². The number of halogens is 1. The van der Waals surface area contributed by atoms with E-state index in [2.05, 4.69) is 5.32 Å². The number of rotatable bonds is 2. The number of hydrogen-bond donors (Lipinski definition) is 1. The molecular formula is C17H20ClN3O3S. The largest absolute Gasteiger partial charge is 0.338 e. The van der Waals surface area contributed by atoms with E-state index in [0.29, 0.717) is 24.2 Å². The van der Waals surface area contributed by atoms with Crippen LogP contribution in [0.5, 0.6) is 0 Å². The number of carbonyl (C=O) groups is 1. The molecule has 6 nitrogen and oxygen atoms in total. The topological polar surface area (TPSA) is 69.7 Å². The summed E-state index contributed by atoms with van der Waals surface area (Å²) >= 11 is 0. The van der Waals surface area contributed by atoms with Crippen LogP contribution in [0, 0.1) is 0 Å². The Morgan fingerprint density at radius 3 is 2.68 bits per heavy atom. The van der Waals surface area contributed by atoms with Crippen LogP contribution < -0.4 is 9.62 Å². The van der Waals surface area contributed by atoms with Gasteiger partial charge >= 0.3 is 0 Å². The Kier molecular flexibility index (Phi) is 4.66. The number of sulfonamides is 1. The summed E-state index contributed by atoms with van der Waals surface area (Å²) in [7, 11) is -3.68. The zero-order valence-electron chi connectivity index (χ0n) is 13.8. The van der Waals surface area contributed by atoms with Crippen molar-refractivity contribution in [3.8, 4) is 0 Å². The molecule has 0 aliphatic carbocycles. The summed E-state index contributed by atoms with van der Waals surface area (Å²) in [5, 5.41) is 4.87. The minimum atomic E-state index is -3.68. The maximum Gasteiger partial charge on any atom is 0.265 e. The van der Waals surface area contributed by atoms with Crippen LogP contribution in [0.2, 0.25) is 0 Å². The first-order valence-corrected chi connectivity index (χ1v) is 9.48. The molecular weight excluding hydrogens is 362 g/mol. The number of carbonyl (C=O) groups excluding carboxylic acids is 1. The number of anilines is 1. The number of nitrogens with one attached hydrogen (secondary N) is 1. The van der Waals surface area contributed by atoms with Gasteiger partial charge < -0.3 is 10.2 Å². The van der Waals surface area contributed by atoms with E-state index in [-0.39, 0.29) is 35.8 Å². The van der Waals surface area contributed by atoms with E-state index in [1.54, 1.807) is 23.1 Å². The quantitative estimate of drug-likeness (QED) is 0.857. The second-order valence-electron chi connectivity index (χ2n) is 6.34. The van der Waals surface area contributed by atoms with Gasteiger partial charge in [0.15, 0.2) is 0 Å². The van der Waals surface area contributed by atoms with Crippen LogP contribution in [0.1, 0.15) is 6.92 Å². The summed E-state index contributed by atoms with van der Waals surface area (Å²) in [6, 6.07) is 10.9. The predicted molar refractivity (Wildman–Crippen MR) is 99.8 cm³/mol. The van der Waals surface area contributed by atoms with E-state index in [4.69, 9.17) is 0 Å². The Hall–Kier alpha value is -1.83. The van der Waals surface area contributed by atoms with Gasteiger partial charge in [-0.05, 0) is 24.4 Å². The van der Waals surface area contributed by atoms with E-state index >= 15 is 0 Å². The van der Waals surface area contributed by atoms with Gasteiger partial charge in [-0.2, -0.15) is 0 Å². The third kappa shape index (κ3) is 2.86. The van der Waals surface area contributed by atoms with Gasteiger partial charge in [-0.1, -0.05) is 24.3 Å². The summed E-state index contributed by atoms with van der Waals surface area (Å²) < 4.78 is 27.0. The van der Waals surface area contributed by atoms with Gasteiger partial charge in [-0.15, -0.1) is 12.4 Å². The summed E-state index contributed by atoms with van der Waals surface area (Å²) in [6.45, 7) is 3.80. The molecule has 1 saturated heterocycles. The molecule has 1 amide bonds. The Bertz CT molecular complexity index is 927. The molecule has 2 aromatic rings. The first kappa shape index (κ1) is 18.0. The SMILES string of the molecule is CC1CN(C(=O)CN2c3cccc4cccc(c34)S2(=O)=O)CCN1.Cl. The lowest BCUT2D eigenvalue weighted by Gasteiger charge is -2.33. The second kappa shape index (κ2) is 6.48. The Morgan fingerprint density at radius 2 is 1.96 bits per heavy atom.